The number of nitrogens with two attached hydrogens (primary N) is 1. The number of nitrogens with one attached hydrogen (secondary N) is 1. The molecule has 2 aromatic rings. The van der Waals surface area contributed by atoms with Crippen LogP contribution in [0.4, 0.5) is 5.69 Å². The van der Waals surface area contributed by atoms with Gasteiger partial charge in [-0.1, -0.05) is 17.7 Å². The molecule has 3 N–H and O–H groups in total. The van der Waals surface area contributed by atoms with Crippen LogP contribution < -0.4 is 10.5 Å². The highest BCUT2D eigenvalue weighted by Gasteiger charge is 2.23. The lowest BCUT2D eigenvalue weighted by Gasteiger charge is -2.16. The van der Waals surface area contributed by atoms with Crippen LogP contribution in [0.5, 0.6) is 0 Å². The summed E-state index contributed by atoms with van der Waals surface area (Å²) in [5.41, 5.74) is 1.16. The molecular formula is C18H21N3O7S2. The van der Waals surface area contributed by atoms with Crippen LogP contribution in [0.25, 0.3) is 0 Å². The molecule has 0 aliphatic heterocycles. The van der Waals surface area contributed by atoms with Crippen molar-refractivity contribution in [2.24, 2.45) is 5.14 Å². The Kier molecular flexibility index (Phi) is 7.31. The van der Waals surface area contributed by atoms with Crippen molar-refractivity contribution in [2.45, 2.75) is 16.7 Å². The molecule has 0 saturated carbocycles. The molecule has 0 aliphatic rings. The van der Waals surface area contributed by atoms with Crippen molar-refractivity contribution < 1.29 is 31.2 Å². The molecule has 1 amide bonds. The van der Waals surface area contributed by atoms with E-state index in [2.05, 4.69) is 5.32 Å². The van der Waals surface area contributed by atoms with Crippen LogP contribution in [-0.4, -0.2) is 53.2 Å². The number of likely N-dealkylation sites (N-methyl/N-ethyl adjacent to an activating group) is 1. The average molecular weight is 456 g/mol. The van der Waals surface area contributed by atoms with Gasteiger partial charge in [-0.15, -0.1) is 0 Å². The quantitative estimate of drug-likeness (QED) is 0.548. The van der Waals surface area contributed by atoms with E-state index in [0.717, 1.165) is 9.87 Å². The number of esters is 1. The van der Waals surface area contributed by atoms with E-state index in [1.165, 1.54) is 43.4 Å². The Bertz CT molecular complexity index is 1130. The molecule has 30 heavy (non-hydrogen) atoms. The number of hydrogen-bond acceptors (Lipinski definition) is 7. The van der Waals surface area contributed by atoms with Crippen molar-refractivity contribution >= 4 is 37.6 Å². The molecule has 0 bridgehead atoms. The number of primary sulfonamides is 1. The first-order valence-electron chi connectivity index (χ1n) is 8.51. The molecule has 0 saturated heterocycles. The van der Waals surface area contributed by atoms with Crippen LogP contribution in [0, 0.1) is 6.92 Å². The number of aryl methyl sites for hydroxylation is 1. The Balaban J connectivity index is 1.87. The van der Waals surface area contributed by atoms with Crippen molar-refractivity contribution in [2.75, 3.05) is 25.5 Å². The average Bonchev–Trinajstić information content (AvgIpc) is 2.66. The molecule has 2 rings (SSSR count). The zero-order chi connectivity index (χ0) is 22.5. The molecule has 0 aliphatic carbocycles. The number of hydrogen-bond donors (Lipinski definition) is 2. The molecule has 0 spiro atoms. The zero-order valence-corrected chi connectivity index (χ0v) is 17.9. The van der Waals surface area contributed by atoms with Gasteiger partial charge in [0.2, 0.25) is 20.0 Å². The van der Waals surface area contributed by atoms with Crippen molar-refractivity contribution in [3.8, 4) is 0 Å². The summed E-state index contributed by atoms with van der Waals surface area (Å²) in [7, 11) is -6.51. The van der Waals surface area contributed by atoms with E-state index in [1.54, 1.807) is 12.1 Å². The van der Waals surface area contributed by atoms with Gasteiger partial charge in [0.1, 0.15) is 6.54 Å². The second-order valence-electron chi connectivity index (χ2n) is 6.35. The minimum Gasteiger partial charge on any atom is -0.455 e. The SMILES string of the molecule is Cc1ccc(S(=O)(=O)N(C)CC(=O)OCC(=O)Nc2ccc(S(N)(=O)=O)cc2)cc1. The van der Waals surface area contributed by atoms with Crippen molar-refractivity contribution in [3.05, 3.63) is 54.1 Å². The molecule has 0 aromatic heterocycles. The fourth-order valence-electron chi connectivity index (χ4n) is 2.27. The summed E-state index contributed by atoms with van der Waals surface area (Å²) in [5, 5.41) is 7.39. The van der Waals surface area contributed by atoms with Crippen LogP contribution in [0.1, 0.15) is 5.56 Å². The maximum Gasteiger partial charge on any atom is 0.321 e. The summed E-state index contributed by atoms with van der Waals surface area (Å²) in [5.74, 6) is -1.59. The number of benzene rings is 2. The number of carbonyl (C=O) groups is 2. The second kappa shape index (κ2) is 9.34. The Hall–Kier alpha value is -2.80. The standard InChI is InChI=1S/C18H21N3O7S2/c1-13-3-7-16(8-4-13)30(26,27)21(2)11-18(23)28-12-17(22)20-14-5-9-15(10-6-14)29(19,24)25/h3-10H,11-12H2,1-2H3,(H,20,22)(H2,19,24,25). The molecule has 12 heteroatoms. The first kappa shape index (κ1) is 23.5. The maximum absolute atomic E-state index is 12.4. The maximum atomic E-state index is 12.4. The van der Waals surface area contributed by atoms with E-state index in [-0.39, 0.29) is 15.5 Å². The topological polar surface area (TPSA) is 153 Å². The van der Waals surface area contributed by atoms with Crippen LogP contribution in [0.3, 0.4) is 0 Å². The lowest BCUT2D eigenvalue weighted by molar-refractivity contribution is -0.147. The fourth-order valence-corrected chi connectivity index (χ4v) is 3.90. The smallest absolute Gasteiger partial charge is 0.321 e. The van der Waals surface area contributed by atoms with E-state index in [9.17, 15) is 26.4 Å². The van der Waals surface area contributed by atoms with E-state index >= 15 is 0 Å². The summed E-state index contributed by atoms with van der Waals surface area (Å²) in [6.45, 7) is 0.595. The van der Waals surface area contributed by atoms with Gasteiger partial charge in [0.15, 0.2) is 6.61 Å². The van der Waals surface area contributed by atoms with Crippen LogP contribution in [0.15, 0.2) is 58.3 Å². The predicted molar refractivity (Wildman–Crippen MR) is 108 cm³/mol. The molecule has 0 atom stereocenters. The van der Waals surface area contributed by atoms with Gasteiger partial charge in [0.25, 0.3) is 5.91 Å². The number of anilines is 1. The Labute approximate surface area is 174 Å². The number of ether oxygens (including phenoxy) is 1. The van der Waals surface area contributed by atoms with E-state index in [0.29, 0.717) is 0 Å². The first-order chi connectivity index (χ1) is 13.9. The van der Waals surface area contributed by atoms with Crippen molar-refractivity contribution in [1.82, 2.24) is 4.31 Å². The molecular weight excluding hydrogens is 434 g/mol. The molecule has 10 nitrogen and oxygen atoms in total. The van der Waals surface area contributed by atoms with E-state index in [1.807, 2.05) is 6.92 Å². The third-order valence-corrected chi connectivity index (χ3v) is 6.66. The predicted octanol–water partition coefficient (Wildman–Crippen LogP) is 0.445. The van der Waals surface area contributed by atoms with E-state index < -0.39 is 45.1 Å². The van der Waals surface area contributed by atoms with Crippen LogP contribution >= 0.6 is 0 Å². The van der Waals surface area contributed by atoms with Crippen LogP contribution in [0.2, 0.25) is 0 Å². The minimum atomic E-state index is -3.88. The summed E-state index contributed by atoms with van der Waals surface area (Å²) >= 11 is 0. The Morgan fingerprint density at radius 1 is 0.967 bits per heavy atom. The molecule has 2 aromatic carbocycles. The second-order valence-corrected chi connectivity index (χ2v) is 9.96. The number of rotatable bonds is 8. The lowest BCUT2D eigenvalue weighted by Crippen LogP contribution is -2.34. The molecule has 162 valence electrons. The molecule has 0 radical (unpaired) electrons. The van der Waals surface area contributed by atoms with Gasteiger partial charge in [-0.2, -0.15) is 4.31 Å². The fraction of sp³-hybridized carbons (Fsp3) is 0.222. The first-order valence-corrected chi connectivity index (χ1v) is 11.5. The van der Waals surface area contributed by atoms with Gasteiger partial charge in [-0.25, -0.2) is 22.0 Å². The third-order valence-electron chi connectivity index (χ3n) is 3.91. The number of amides is 1. The monoisotopic (exact) mass is 455 g/mol. The highest BCUT2D eigenvalue weighted by molar-refractivity contribution is 7.89. The highest BCUT2D eigenvalue weighted by Crippen LogP contribution is 2.15. The highest BCUT2D eigenvalue weighted by atomic mass is 32.2. The Morgan fingerprint density at radius 2 is 1.50 bits per heavy atom. The van der Waals surface area contributed by atoms with Gasteiger partial charge in [0, 0.05) is 12.7 Å². The van der Waals surface area contributed by atoms with E-state index in [4.69, 9.17) is 9.88 Å². The largest absolute Gasteiger partial charge is 0.455 e. The van der Waals surface area contributed by atoms with Gasteiger partial charge in [-0.05, 0) is 43.3 Å². The number of sulfonamides is 2. The summed E-state index contributed by atoms with van der Waals surface area (Å²) in [6.07, 6.45) is 0. The summed E-state index contributed by atoms with van der Waals surface area (Å²) in [6, 6.07) is 11.2. The Morgan fingerprint density at radius 3 is 2.03 bits per heavy atom. The molecule has 0 heterocycles. The summed E-state index contributed by atoms with van der Waals surface area (Å²) < 4.78 is 52.9. The minimum absolute atomic E-state index is 0.0316. The van der Waals surface area contributed by atoms with Crippen molar-refractivity contribution in [3.63, 3.8) is 0 Å². The van der Waals surface area contributed by atoms with Gasteiger partial charge in [-0.3, -0.25) is 9.59 Å². The normalized spacial score (nSPS) is 11.9. The van der Waals surface area contributed by atoms with Gasteiger partial charge >= 0.3 is 5.97 Å². The third kappa shape index (κ3) is 6.35. The lowest BCUT2D eigenvalue weighted by atomic mass is 10.2. The number of nitrogens with zero attached hydrogens (tertiary/aromatic N) is 1. The van der Waals surface area contributed by atoms with Gasteiger partial charge < -0.3 is 10.1 Å². The summed E-state index contributed by atoms with van der Waals surface area (Å²) in [4.78, 5) is 23.7. The zero-order valence-electron chi connectivity index (χ0n) is 16.2. The van der Waals surface area contributed by atoms with Crippen LogP contribution in [-0.2, 0) is 34.4 Å². The molecule has 0 unspecified atom stereocenters. The molecule has 0 fully saturated rings. The number of carbonyl (C=O) groups excluding carboxylic acids is 2. The van der Waals surface area contributed by atoms with Gasteiger partial charge in [0.05, 0.1) is 9.79 Å². The van der Waals surface area contributed by atoms with Crippen molar-refractivity contribution in [1.29, 1.82) is 0 Å².